The fourth-order valence-corrected chi connectivity index (χ4v) is 4.77. The molecule has 3 N–H and O–H groups in total. The van der Waals surface area contributed by atoms with Crippen LogP contribution in [0.2, 0.25) is 0 Å². The Balaban J connectivity index is 1.48. The first-order valence-corrected chi connectivity index (χ1v) is 12.4. The minimum Gasteiger partial charge on any atom is -0.388 e. The summed E-state index contributed by atoms with van der Waals surface area (Å²) in [6.45, 7) is 1.64. The van der Waals surface area contributed by atoms with Crippen molar-refractivity contribution in [3.8, 4) is 5.69 Å². The fraction of sp³-hybridized carbons (Fsp3) is 0.435. The van der Waals surface area contributed by atoms with Crippen LogP contribution in [0.25, 0.3) is 5.69 Å². The number of alkyl halides is 3. The molecule has 4 heterocycles. The average Bonchev–Trinajstić information content (AvgIpc) is 3.26. The zero-order chi connectivity index (χ0) is 25.6. The number of nitrogens with two attached hydrogens (primary N) is 1. The van der Waals surface area contributed by atoms with E-state index in [9.17, 15) is 18.3 Å². The number of thioether (sulfide) groups is 1. The number of rotatable bonds is 4. The van der Waals surface area contributed by atoms with E-state index in [1.165, 1.54) is 24.8 Å². The first kappa shape index (κ1) is 25.1. The molecular weight excluding hydrogens is 499 g/mol. The number of aliphatic hydroxyl groups excluding tert-OH is 1. The molecule has 6 atom stereocenters. The van der Waals surface area contributed by atoms with Gasteiger partial charge in [0, 0.05) is 16.7 Å². The van der Waals surface area contributed by atoms with Crippen LogP contribution < -0.4 is 5.73 Å². The molecule has 2 saturated heterocycles. The zero-order valence-electron chi connectivity index (χ0n) is 19.3. The average molecular weight is 524 g/mol. The molecule has 2 fully saturated rings. The Labute approximate surface area is 208 Å². The molecule has 5 rings (SSSR count). The van der Waals surface area contributed by atoms with Gasteiger partial charge in [-0.2, -0.15) is 18.3 Å². The molecule has 0 spiro atoms. The number of hydrogen-bond donors (Lipinski definition) is 2. The third kappa shape index (κ3) is 4.62. The summed E-state index contributed by atoms with van der Waals surface area (Å²) >= 11 is 1.23. The molecule has 36 heavy (non-hydrogen) atoms. The van der Waals surface area contributed by atoms with E-state index in [-0.39, 0.29) is 23.9 Å². The second kappa shape index (κ2) is 9.72. The highest BCUT2D eigenvalue weighted by Gasteiger charge is 2.50. The van der Waals surface area contributed by atoms with E-state index in [1.807, 2.05) is 30.3 Å². The molecule has 4 unspecified atom stereocenters. The van der Waals surface area contributed by atoms with Crippen molar-refractivity contribution in [1.82, 2.24) is 19.7 Å². The number of ether oxygens (including phenoxy) is 3. The summed E-state index contributed by atoms with van der Waals surface area (Å²) in [6.07, 6.45) is -6.47. The third-order valence-corrected chi connectivity index (χ3v) is 6.80. The lowest BCUT2D eigenvalue weighted by atomic mass is 9.92. The van der Waals surface area contributed by atoms with E-state index in [0.717, 1.165) is 16.4 Å². The molecule has 2 aromatic heterocycles. The van der Waals surface area contributed by atoms with E-state index in [4.69, 9.17) is 19.9 Å². The highest BCUT2D eigenvalue weighted by molar-refractivity contribution is 7.98. The lowest BCUT2D eigenvalue weighted by Crippen LogP contribution is -2.62. The van der Waals surface area contributed by atoms with Crippen molar-refractivity contribution in [2.75, 3.05) is 12.9 Å². The molecule has 0 bridgehead atoms. The van der Waals surface area contributed by atoms with Crippen molar-refractivity contribution in [2.45, 2.75) is 54.7 Å². The number of hydrogen-bond acceptors (Lipinski definition) is 9. The smallest absolute Gasteiger partial charge is 0.388 e. The SMILES string of the molecule is CSc1cnc(C(F)(F)F)c(-n2nc(C)nc2[C@@H]2OC3COC(c4ccccc4)O[C@@H]3C(N)C2O)c1. The van der Waals surface area contributed by atoms with Gasteiger partial charge in [0.05, 0.1) is 18.3 Å². The highest BCUT2D eigenvalue weighted by Crippen LogP contribution is 2.40. The molecule has 9 nitrogen and oxygen atoms in total. The van der Waals surface area contributed by atoms with Crippen molar-refractivity contribution in [2.24, 2.45) is 5.73 Å². The zero-order valence-corrected chi connectivity index (χ0v) is 20.1. The molecule has 0 radical (unpaired) electrons. The van der Waals surface area contributed by atoms with Gasteiger partial charge in [0.2, 0.25) is 0 Å². The summed E-state index contributed by atoms with van der Waals surface area (Å²) in [6, 6.07) is 9.66. The van der Waals surface area contributed by atoms with Gasteiger partial charge in [-0.25, -0.2) is 14.6 Å². The number of halogens is 3. The van der Waals surface area contributed by atoms with Crippen molar-refractivity contribution in [3.05, 3.63) is 65.5 Å². The largest absolute Gasteiger partial charge is 0.435 e. The summed E-state index contributed by atoms with van der Waals surface area (Å²) in [4.78, 5) is 8.43. The molecule has 13 heteroatoms. The van der Waals surface area contributed by atoms with Gasteiger partial charge < -0.3 is 25.1 Å². The molecule has 192 valence electrons. The van der Waals surface area contributed by atoms with Gasteiger partial charge in [-0.1, -0.05) is 30.3 Å². The Morgan fingerprint density at radius 1 is 1.19 bits per heavy atom. The van der Waals surface area contributed by atoms with Gasteiger partial charge in [0.1, 0.15) is 30.2 Å². The van der Waals surface area contributed by atoms with Crippen LogP contribution in [-0.2, 0) is 20.4 Å². The monoisotopic (exact) mass is 523 g/mol. The maximum absolute atomic E-state index is 13.8. The quantitative estimate of drug-likeness (QED) is 0.498. The summed E-state index contributed by atoms with van der Waals surface area (Å²) in [5.41, 5.74) is 5.71. The number of aliphatic hydroxyl groups is 1. The van der Waals surface area contributed by atoms with E-state index >= 15 is 0 Å². The number of aryl methyl sites for hydroxylation is 1. The van der Waals surface area contributed by atoms with Crippen molar-refractivity contribution < 1.29 is 32.5 Å². The van der Waals surface area contributed by atoms with E-state index in [2.05, 4.69) is 15.1 Å². The van der Waals surface area contributed by atoms with Crippen LogP contribution in [-0.4, -0.2) is 62.1 Å². The van der Waals surface area contributed by atoms with E-state index in [0.29, 0.717) is 4.90 Å². The van der Waals surface area contributed by atoms with Gasteiger partial charge in [0.25, 0.3) is 0 Å². The predicted octanol–water partition coefficient (Wildman–Crippen LogP) is 2.95. The number of aromatic nitrogens is 4. The Bertz CT molecular complexity index is 1230. The van der Waals surface area contributed by atoms with Crippen LogP contribution in [0.5, 0.6) is 0 Å². The molecule has 2 aliphatic rings. The van der Waals surface area contributed by atoms with Crippen LogP contribution in [0.3, 0.4) is 0 Å². The summed E-state index contributed by atoms with van der Waals surface area (Å²) in [5.74, 6) is 0.170. The van der Waals surface area contributed by atoms with Gasteiger partial charge in [0.15, 0.2) is 17.8 Å². The van der Waals surface area contributed by atoms with Crippen molar-refractivity contribution >= 4 is 11.8 Å². The summed E-state index contributed by atoms with van der Waals surface area (Å²) in [5, 5.41) is 15.3. The van der Waals surface area contributed by atoms with Crippen molar-refractivity contribution in [3.63, 3.8) is 0 Å². The lowest BCUT2D eigenvalue weighted by Gasteiger charge is -2.46. The number of benzene rings is 1. The molecule has 1 aromatic carbocycles. The summed E-state index contributed by atoms with van der Waals surface area (Å²) in [7, 11) is 0. The molecule has 0 amide bonds. The van der Waals surface area contributed by atoms with Crippen LogP contribution in [0.15, 0.2) is 47.5 Å². The Morgan fingerprint density at radius 2 is 1.94 bits per heavy atom. The minimum absolute atomic E-state index is 0.0235. The Kier molecular flexibility index (Phi) is 6.78. The second-order valence-corrected chi connectivity index (χ2v) is 9.39. The highest BCUT2D eigenvalue weighted by atomic mass is 32.2. The molecule has 2 aliphatic heterocycles. The first-order chi connectivity index (χ1) is 17.2. The van der Waals surface area contributed by atoms with E-state index < -0.39 is 48.6 Å². The van der Waals surface area contributed by atoms with Crippen LogP contribution in [0.4, 0.5) is 13.2 Å². The topological polar surface area (TPSA) is 118 Å². The maximum atomic E-state index is 13.8. The normalized spacial score (nSPS) is 28.6. The van der Waals surface area contributed by atoms with Gasteiger partial charge in [-0.3, -0.25) is 0 Å². The minimum atomic E-state index is -4.74. The van der Waals surface area contributed by atoms with Gasteiger partial charge in [-0.15, -0.1) is 11.8 Å². The molecular formula is C23H24F3N5O4S. The first-order valence-electron chi connectivity index (χ1n) is 11.1. The van der Waals surface area contributed by atoms with Crippen LogP contribution in [0, 0.1) is 6.92 Å². The predicted molar refractivity (Wildman–Crippen MR) is 122 cm³/mol. The second-order valence-electron chi connectivity index (χ2n) is 8.51. The third-order valence-electron chi connectivity index (χ3n) is 6.10. The maximum Gasteiger partial charge on any atom is 0.435 e. The van der Waals surface area contributed by atoms with Gasteiger partial charge >= 0.3 is 6.18 Å². The van der Waals surface area contributed by atoms with Crippen LogP contribution >= 0.6 is 11.8 Å². The fourth-order valence-electron chi connectivity index (χ4n) is 4.38. The lowest BCUT2D eigenvalue weighted by molar-refractivity contribution is -0.309. The Hall–Kier alpha value is -2.55. The molecule has 0 aliphatic carbocycles. The van der Waals surface area contributed by atoms with Crippen molar-refractivity contribution in [1.29, 1.82) is 0 Å². The molecule has 3 aromatic rings. The van der Waals surface area contributed by atoms with Crippen LogP contribution in [0.1, 0.15) is 35.3 Å². The molecule has 0 saturated carbocycles. The number of nitrogens with zero attached hydrogens (tertiary/aromatic N) is 4. The number of fused-ring (bicyclic) bond motifs is 1. The number of pyridine rings is 1. The van der Waals surface area contributed by atoms with Gasteiger partial charge in [-0.05, 0) is 19.2 Å². The Morgan fingerprint density at radius 3 is 2.64 bits per heavy atom. The van der Waals surface area contributed by atoms with E-state index in [1.54, 1.807) is 6.26 Å². The standard InChI is InChI=1S/C23H24F3N5O4S/c1-11-29-21(31(30-11)14-8-13(36-2)9-28-20(14)23(24,25)26)19-17(32)16(27)18-15(34-19)10-33-22(35-18)12-6-4-3-5-7-12/h3-9,15-19,22,32H,10,27H2,1-2H3/t15?,16?,17?,18-,19+,22?/m0/s1. The summed E-state index contributed by atoms with van der Waals surface area (Å²) < 4.78 is 60.4.